The standard InChI is InChI=1S/C13H28N2S/c1-11(13(2,3)4)9-14-6-5-12-10-16-8-7-15-12/h11-12,14-15H,5-10H2,1-4H3. The third kappa shape index (κ3) is 5.55. The molecule has 1 rings (SSSR count). The quantitative estimate of drug-likeness (QED) is 0.726. The average molecular weight is 244 g/mol. The van der Waals surface area contributed by atoms with E-state index in [1.807, 2.05) is 0 Å². The Morgan fingerprint density at radius 2 is 2.19 bits per heavy atom. The minimum absolute atomic E-state index is 0.423. The Morgan fingerprint density at radius 3 is 2.75 bits per heavy atom. The lowest BCUT2D eigenvalue weighted by Crippen LogP contribution is -2.40. The molecule has 0 aliphatic carbocycles. The van der Waals surface area contributed by atoms with Crippen LogP contribution in [0.5, 0.6) is 0 Å². The highest BCUT2D eigenvalue weighted by molar-refractivity contribution is 7.99. The van der Waals surface area contributed by atoms with Crippen molar-refractivity contribution < 1.29 is 0 Å². The van der Waals surface area contributed by atoms with Gasteiger partial charge in [-0.3, -0.25) is 0 Å². The molecule has 2 unspecified atom stereocenters. The van der Waals surface area contributed by atoms with Gasteiger partial charge in [0.15, 0.2) is 0 Å². The van der Waals surface area contributed by atoms with Crippen LogP contribution in [0.15, 0.2) is 0 Å². The van der Waals surface area contributed by atoms with Crippen molar-refractivity contribution in [2.45, 2.75) is 40.2 Å². The summed E-state index contributed by atoms with van der Waals surface area (Å²) < 4.78 is 0. The van der Waals surface area contributed by atoms with E-state index in [4.69, 9.17) is 0 Å². The summed E-state index contributed by atoms with van der Waals surface area (Å²) in [6.07, 6.45) is 1.27. The molecule has 0 aromatic rings. The molecule has 0 aromatic carbocycles. The molecule has 1 heterocycles. The molecule has 1 fully saturated rings. The van der Waals surface area contributed by atoms with Crippen LogP contribution < -0.4 is 10.6 Å². The van der Waals surface area contributed by atoms with E-state index in [0.29, 0.717) is 5.41 Å². The maximum Gasteiger partial charge on any atom is 0.0170 e. The van der Waals surface area contributed by atoms with E-state index in [1.165, 1.54) is 24.5 Å². The SMILES string of the molecule is CC(CNCCC1CSCCN1)C(C)(C)C. The zero-order valence-electron chi connectivity index (χ0n) is 11.3. The molecule has 1 aliphatic heterocycles. The van der Waals surface area contributed by atoms with Crippen molar-refractivity contribution in [3.63, 3.8) is 0 Å². The van der Waals surface area contributed by atoms with E-state index in [2.05, 4.69) is 50.1 Å². The summed E-state index contributed by atoms with van der Waals surface area (Å²) in [6.45, 7) is 12.8. The van der Waals surface area contributed by atoms with Gasteiger partial charge in [0.2, 0.25) is 0 Å². The van der Waals surface area contributed by atoms with Crippen molar-refractivity contribution in [1.29, 1.82) is 0 Å². The fourth-order valence-corrected chi connectivity index (χ4v) is 2.70. The molecule has 0 bridgehead atoms. The van der Waals surface area contributed by atoms with E-state index in [1.54, 1.807) is 0 Å². The Hall–Kier alpha value is 0.270. The monoisotopic (exact) mass is 244 g/mol. The smallest absolute Gasteiger partial charge is 0.0170 e. The molecule has 1 aliphatic rings. The van der Waals surface area contributed by atoms with Crippen LogP contribution in [-0.4, -0.2) is 37.2 Å². The fourth-order valence-electron chi connectivity index (χ4n) is 1.71. The molecule has 0 spiro atoms. The predicted molar refractivity (Wildman–Crippen MR) is 75.2 cm³/mol. The second-order valence-corrected chi connectivity index (χ2v) is 7.14. The highest BCUT2D eigenvalue weighted by atomic mass is 32.2. The second kappa shape index (κ2) is 6.87. The first-order chi connectivity index (χ1) is 7.50. The Kier molecular flexibility index (Phi) is 6.16. The largest absolute Gasteiger partial charge is 0.316 e. The van der Waals surface area contributed by atoms with Crippen molar-refractivity contribution >= 4 is 11.8 Å². The van der Waals surface area contributed by atoms with Gasteiger partial charge in [-0.2, -0.15) is 11.8 Å². The normalized spacial score (nSPS) is 24.4. The van der Waals surface area contributed by atoms with E-state index in [9.17, 15) is 0 Å². The number of thioether (sulfide) groups is 1. The Bertz CT molecular complexity index is 183. The average Bonchev–Trinajstić information content (AvgIpc) is 2.24. The molecule has 2 nitrogen and oxygen atoms in total. The summed E-state index contributed by atoms with van der Waals surface area (Å²) in [5.74, 6) is 3.31. The molecule has 2 N–H and O–H groups in total. The molecular formula is C13H28N2S. The lowest BCUT2D eigenvalue weighted by atomic mass is 9.82. The van der Waals surface area contributed by atoms with Crippen molar-refractivity contribution in [3.8, 4) is 0 Å². The third-order valence-corrected chi connectivity index (χ3v) is 4.73. The molecule has 0 aromatic heterocycles. The van der Waals surface area contributed by atoms with Crippen LogP contribution in [0.2, 0.25) is 0 Å². The van der Waals surface area contributed by atoms with E-state index in [-0.39, 0.29) is 0 Å². The molecule has 96 valence electrons. The van der Waals surface area contributed by atoms with Gasteiger partial charge in [0, 0.05) is 24.1 Å². The highest BCUT2D eigenvalue weighted by Crippen LogP contribution is 2.24. The molecule has 0 radical (unpaired) electrons. The van der Waals surface area contributed by atoms with Crippen molar-refractivity contribution in [2.24, 2.45) is 11.3 Å². The summed E-state index contributed by atoms with van der Waals surface area (Å²) in [7, 11) is 0. The Morgan fingerprint density at radius 1 is 1.44 bits per heavy atom. The first kappa shape index (κ1) is 14.3. The van der Waals surface area contributed by atoms with Crippen LogP contribution in [-0.2, 0) is 0 Å². The molecule has 3 heteroatoms. The fraction of sp³-hybridized carbons (Fsp3) is 1.00. The summed E-state index contributed by atoms with van der Waals surface area (Å²) in [5, 5.41) is 7.17. The first-order valence-corrected chi connectivity index (χ1v) is 7.67. The number of hydrogen-bond acceptors (Lipinski definition) is 3. The van der Waals surface area contributed by atoms with Gasteiger partial charge in [0.05, 0.1) is 0 Å². The second-order valence-electron chi connectivity index (χ2n) is 5.99. The maximum atomic E-state index is 3.59. The van der Waals surface area contributed by atoms with Gasteiger partial charge in [0.1, 0.15) is 0 Å². The van der Waals surface area contributed by atoms with Crippen molar-refractivity contribution in [2.75, 3.05) is 31.1 Å². The number of rotatable bonds is 5. The molecular weight excluding hydrogens is 216 g/mol. The van der Waals surface area contributed by atoms with Crippen molar-refractivity contribution in [3.05, 3.63) is 0 Å². The van der Waals surface area contributed by atoms with Gasteiger partial charge in [-0.25, -0.2) is 0 Å². The first-order valence-electron chi connectivity index (χ1n) is 6.52. The summed E-state index contributed by atoms with van der Waals surface area (Å²) in [5.41, 5.74) is 0.423. The van der Waals surface area contributed by atoms with Crippen LogP contribution in [0.25, 0.3) is 0 Å². The summed E-state index contributed by atoms with van der Waals surface area (Å²) in [6, 6.07) is 0.733. The predicted octanol–water partition coefficient (Wildman–Crippen LogP) is 2.35. The molecule has 0 amide bonds. The van der Waals surface area contributed by atoms with Crippen LogP contribution in [0.4, 0.5) is 0 Å². The van der Waals surface area contributed by atoms with Gasteiger partial charge in [-0.05, 0) is 30.8 Å². The molecule has 16 heavy (non-hydrogen) atoms. The van der Waals surface area contributed by atoms with Crippen LogP contribution in [0.3, 0.4) is 0 Å². The van der Waals surface area contributed by atoms with Crippen LogP contribution in [0, 0.1) is 11.3 Å². The van der Waals surface area contributed by atoms with Gasteiger partial charge in [0.25, 0.3) is 0 Å². The molecule has 0 saturated carbocycles. The van der Waals surface area contributed by atoms with Gasteiger partial charge < -0.3 is 10.6 Å². The van der Waals surface area contributed by atoms with E-state index >= 15 is 0 Å². The van der Waals surface area contributed by atoms with E-state index in [0.717, 1.165) is 25.0 Å². The molecule has 1 saturated heterocycles. The van der Waals surface area contributed by atoms with Gasteiger partial charge >= 0.3 is 0 Å². The van der Waals surface area contributed by atoms with Crippen LogP contribution in [0.1, 0.15) is 34.1 Å². The van der Waals surface area contributed by atoms with Gasteiger partial charge in [-0.1, -0.05) is 27.7 Å². The number of nitrogens with one attached hydrogen (secondary N) is 2. The van der Waals surface area contributed by atoms with Crippen molar-refractivity contribution in [1.82, 2.24) is 10.6 Å². The minimum atomic E-state index is 0.423. The zero-order valence-corrected chi connectivity index (χ0v) is 12.1. The lowest BCUT2D eigenvalue weighted by molar-refractivity contribution is 0.252. The maximum absolute atomic E-state index is 3.59. The Balaban J connectivity index is 2.02. The van der Waals surface area contributed by atoms with E-state index < -0.39 is 0 Å². The summed E-state index contributed by atoms with van der Waals surface area (Å²) in [4.78, 5) is 0. The minimum Gasteiger partial charge on any atom is -0.316 e. The molecule has 2 atom stereocenters. The van der Waals surface area contributed by atoms with Crippen LogP contribution >= 0.6 is 11.8 Å². The third-order valence-electron chi connectivity index (χ3n) is 3.60. The Labute approximate surface area is 105 Å². The zero-order chi connectivity index (χ0) is 12.0. The lowest BCUT2D eigenvalue weighted by Gasteiger charge is -2.28. The van der Waals surface area contributed by atoms with Gasteiger partial charge in [-0.15, -0.1) is 0 Å². The number of hydrogen-bond donors (Lipinski definition) is 2. The summed E-state index contributed by atoms with van der Waals surface area (Å²) >= 11 is 2.08. The highest BCUT2D eigenvalue weighted by Gasteiger charge is 2.19. The topological polar surface area (TPSA) is 24.1 Å².